The predicted octanol–water partition coefficient (Wildman–Crippen LogP) is 6.06. The van der Waals surface area contributed by atoms with E-state index in [-0.39, 0.29) is 17.4 Å². The van der Waals surface area contributed by atoms with Gasteiger partial charge in [-0.2, -0.15) is 0 Å². The van der Waals surface area contributed by atoms with Crippen LogP contribution in [0.1, 0.15) is 60.8 Å². The number of methoxy groups -OCH3 is 1. The molecule has 0 fully saturated rings. The number of hydrogen-bond acceptors (Lipinski definition) is 3. The van der Waals surface area contributed by atoms with Gasteiger partial charge in [-0.15, -0.1) is 0 Å². The van der Waals surface area contributed by atoms with Crippen LogP contribution in [0.4, 0.5) is 0 Å². The van der Waals surface area contributed by atoms with Crippen LogP contribution in [0, 0.1) is 0 Å². The third-order valence-corrected chi connectivity index (χ3v) is 5.30. The van der Waals surface area contributed by atoms with Gasteiger partial charge in [-0.3, -0.25) is 4.79 Å². The Hall–Kier alpha value is -3.27. The standard InChI is InChI=1S/C27H31NO3/c1-19(20-9-7-6-8-10-20)28-26(29)21-11-16-25(30-5)22(17-21)18-31-24-14-12-23(13-15-24)27(2,3)4/h6-17,19H,18H2,1-5H3,(H,28,29)/t19-/m0/s1. The van der Waals surface area contributed by atoms with Crippen molar-refractivity contribution in [1.82, 2.24) is 5.32 Å². The molecule has 1 N–H and O–H groups in total. The molecule has 0 unspecified atom stereocenters. The lowest BCUT2D eigenvalue weighted by Crippen LogP contribution is -2.26. The molecule has 0 aromatic heterocycles. The Balaban J connectivity index is 1.70. The Morgan fingerprint density at radius 3 is 2.26 bits per heavy atom. The average molecular weight is 418 g/mol. The van der Waals surface area contributed by atoms with Gasteiger partial charge in [0.1, 0.15) is 18.1 Å². The van der Waals surface area contributed by atoms with E-state index in [1.54, 1.807) is 13.2 Å². The molecule has 162 valence electrons. The zero-order chi connectivity index (χ0) is 22.4. The van der Waals surface area contributed by atoms with Gasteiger partial charge in [-0.05, 0) is 53.8 Å². The van der Waals surface area contributed by atoms with Crippen molar-refractivity contribution in [3.05, 3.63) is 95.1 Å². The van der Waals surface area contributed by atoms with E-state index in [1.165, 1.54) is 5.56 Å². The van der Waals surface area contributed by atoms with Crippen LogP contribution in [0.25, 0.3) is 0 Å². The van der Waals surface area contributed by atoms with Crippen LogP contribution in [0.3, 0.4) is 0 Å². The molecule has 3 aromatic rings. The summed E-state index contributed by atoms with van der Waals surface area (Å²) in [5.41, 5.74) is 3.81. The summed E-state index contributed by atoms with van der Waals surface area (Å²) in [6.07, 6.45) is 0. The number of amides is 1. The highest BCUT2D eigenvalue weighted by molar-refractivity contribution is 5.94. The molecule has 0 aliphatic carbocycles. The van der Waals surface area contributed by atoms with Gasteiger partial charge in [-0.1, -0.05) is 63.2 Å². The highest BCUT2D eigenvalue weighted by Crippen LogP contribution is 2.26. The van der Waals surface area contributed by atoms with Crippen molar-refractivity contribution in [2.45, 2.75) is 45.8 Å². The minimum absolute atomic E-state index is 0.0863. The first-order valence-electron chi connectivity index (χ1n) is 10.5. The molecule has 31 heavy (non-hydrogen) atoms. The second-order valence-corrected chi connectivity index (χ2v) is 8.70. The van der Waals surface area contributed by atoms with Crippen LogP contribution in [-0.4, -0.2) is 13.0 Å². The summed E-state index contributed by atoms with van der Waals surface area (Å²) in [5, 5.41) is 3.05. The number of nitrogens with one attached hydrogen (secondary N) is 1. The second kappa shape index (κ2) is 9.69. The summed E-state index contributed by atoms with van der Waals surface area (Å²) in [4.78, 5) is 12.8. The van der Waals surface area contributed by atoms with Crippen LogP contribution < -0.4 is 14.8 Å². The minimum atomic E-state index is -0.130. The maximum Gasteiger partial charge on any atom is 0.251 e. The van der Waals surface area contributed by atoms with Gasteiger partial charge in [0.2, 0.25) is 0 Å². The van der Waals surface area contributed by atoms with Crippen LogP contribution in [0.2, 0.25) is 0 Å². The largest absolute Gasteiger partial charge is 0.496 e. The van der Waals surface area contributed by atoms with Gasteiger partial charge in [0.15, 0.2) is 0 Å². The molecule has 1 atom stereocenters. The molecule has 0 bridgehead atoms. The molecule has 0 spiro atoms. The molecular weight excluding hydrogens is 386 g/mol. The van der Waals surface area contributed by atoms with E-state index in [4.69, 9.17) is 9.47 Å². The van der Waals surface area contributed by atoms with Crippen molar-refractivity contribution in [3.63, 3.8) is 0 Å². The average Bonchev–Trinajstić information content (AvgIpc) is 2.77. The van der Waals surface area contributed by atoms with Gasteiger partial charge < -0.3 is 14.8 Å². The number of ether oxygens (including phenoxy) is 2. The highest BCUT2D eigenvalue weighted by Gasteiger charge is 2.15. The molecule has 0 aliphatic heterocycles. The van der Waals surface area contributed by atoms with Gasteiger partial charge in [-0.25, -0.2) is 0 Å². The molecule has 3 rings (SSSR count). The van der Waals surface area contributed by atoms with Crippen LogP contribution in [0.15, 0.2) is 72.8 Å². The predicted molar refractivity (Wildman–Crippen MR) is 125 cm³/mol. The molecule has 0 radical (unpaired) electrons. The number of hydrogen-bond donors (Lipinski definition) is 1. The number of carbonyl (C=O) groups is 1. The van der Waals surface area contributed by atoms with E-state index in [2.05, 4.69) is 38.2 Å². The fourth-order valence-electron chi connectivity index (χ4n) is 3.35. The molecule has 0 saturated carbocycles. The number of benzene rings is 3. The Morgan fingerprint density at radius 1 is 0.968 bits per heavy atom. The normalized spacial score (nSPS) is 12.2. The summed E-state index contributed by atoms with van der Waals surface area (Å²) in [5.74, 6) is 1.34. The summed E-state index contributed by atoms with van der Waals surface area (Å²) in [7, 11) is 1.62. The Morgan fingerprint density at radius 2 is 1.65 bits per heavy atom. The van der Waals surface area contributed by atoms with Gasteiger partial charge in [0.05, 0.1) is 13.2 Å². The minimum Gasteiger partial charge on any atom is -0.496 e. The summed E-state index contributed by atoms with van der Waals surface area (Å²) in [6.45, 7) is 8.84. The molecule has 0 saturated heterocycles. The molecular formula is C27H31NO3. The first-order valence-corrected chi connectivity index (χ1v) is 10.5. The van der Waals surface area contributed by atoms with Crippen LogP contribution in [-0.2, 0) is 12.0 Å². The van der Waals surface area contributed by atoms with Crippen molar-refractivity contribution >= 4 is 5.91 Å². The Bertz CT molecular complexity index is 1000. The van der Waals surface area contributed by atoms with Crippen molar-refractivity contribution in [2.75, 3.05) is 7.11 Å². The topological polar surface area (TPSA) is 47.6 Å². The smallest absolute Gasteiger partial charge is 0.251 e. The number of rotatable bonds is 7. The van der Waals surface area contributed by atoms with E-state index < -0.39 is 0 Å². The molecule has 0 aliphatic rings. The maximum absolute atomic E-state index is 12.8. The van der Waals surface area contributed by atoms with Crippen LogP contribution in [0.5, 0.6) is 11.5 Å². The third kappa shape index (κ3) is 5.88. The zero-order valence-electron chi connectivity index (χ0n) is 18.9. The lowest BCUT2D eigenvalue weighted by molar-refractivity contribution is 0.0939. The monoisotopic (exact) mass is 417 g/mol. The third-order valence-electron chi connectivity index (χ3n) is 5.30. The van der Waals surface area contributed by atoms with E-state index >= 15 is 0 Å². The lowest BCUT2D eigenvalue weighted by atomic mass is 9.87. The van der Waals surface area contributed by atoms with Crippen molar-refractivity contribution < 1.29 is 14.3 Å². The summed E-state index contributed by atoms with van der Waals surface area (Å²) < 4.78 is 11.4. The quantitative estimate of drug-likeness (QED) is 0.508. The molecule has 4 nitrogen and oxygen atoms in total. The fourth-order valence-corrected chi connectivity index (χ4v) is 3.35. The van der Waals surface area contributed by atoms with E-state index in [1.807, 2.05) is 61.5 Å². The molecule has 4 heteroatoms. The lowest BCUT2D eigenvalue weighted by Gasteiger charge is -2.19. The molecule has 3 aromatic carbocycles. The zero-order valence-corrected chi connectivity index (χ0v) is 18.9. The maximum atomic E-state index is 12.8. The SMILES string of the molecule is COc1ccc(C(=O)N[C@@H](C)c2ccccc2)cc1COc1ccc(C(C)(C)C)cc1. The second-order valence-electron chi connectivity index (χ2n) is 8.70. The van der Waals surface area contributed by atoms with Crippen molar-refractivity contribution in [3.8, 4) is 11.5 Å². The van der Waals surface area contributed by atoms with E-state index in [9.17, 15) is 4.79 Å². The van der Waals surface area contributed by atoms with Crippen LogP contribution >= 0.6 is 0 Å². The first kappa shape index (κ1) is 22.4. The molecule has 0 heterocycles. The highest BCUT2D eigenvalue weighted by atomic mass is 16.5. The summed E-state index contributed by atoms with van der Waals surface area (Å²) >= 11 is 0. The van der Waals surface area contributed by atoms with Crippen molar-refractivity contribution in [1.29, 1.82) is 0 Å². The van der Waals surface area contributed by atoms with E-state index in [0.29, 0.717) is 17.9 Å². The van der Waals surface area contributed by atoms with Crippen molar-refractivity contribution in [2.24, 2.45) is 0 Å². The van der Waals surface area contributed by atoms with Gasteiger partial charge >= 0.3 is 0 Å². The number of carbonyl (C=O) groups excluding carboxylic acids is 1. The Kier molecular flexibility index (Phi) is 7.01. The first-order chi connectivity index (χ1) is 14.8. The van der Waals surface area contributed by atoms with Gasteiger partial charge in [0, 0.05) is 11.1 Å². The Labute approximate surface area is 185 Å². The van der Waals surface area contributed by atoms with E-state index in [0.717, 1.165) is 16.9 Å². The fraction of sp³-hybridized carbons (Fsp3) is 0.296. The van der Waals surface area contributed by atoms with Gasteiger partial charge in [0.25, 0.3) is 5.91 Å². The summed E-state index contributed by atoms with van der Waals surface area (Å²) in [6, 6.07) is 23.4. The molecule has 1 amide bonds.